The minimum atomic E-state index is -3.46. The Hall–Kier alpha value is -4.89. The standard InChI is InChI=1S/C25H17FN6O4S/c1-2-37(33,34)23-6-5-17(13-30-23)35-18-10-19-24(32-25(31-19)20-14-28-7-8-29-20)22(11-18)36-21-9-16(26)4-3-15(21)12-27/h3-11,13-14H,2H2,1H3,(H,31,32). The topological polar surface area (TPSA) is 144 Å². The monoisotopic (exact) mass is 516 g/mol. The molecule has 184 valence electrons. The minimum Gasteiger partial charge on any atom is -0.456 e. The highest BCUT2D eigenvalue weighted by Gasteiger charge is 2.17. The molecule has 0 fully saturated rings. The van der Waals surface area contributed by atoms with E-state index >= 15 is 0 Å². The lowest BCUT2D eigenvalue weighted by Gasteiger charge is -2.11. The molecular weight excluding hydrogens is 499 g/mol. The zero-order chi connectivity index (χ0) is 26.0. The van der Waals surface area contributed by atoms with Crippen LogP contribution in [0.15, 0.2) is 72.3 Å². The van der Waals surface area contributed by atoms with Gasteiger partial charge >= 0.3 is 0 Å². The number of benzene rings is 2. The van der Waals surface area contributed by atoms with Gasteiger partial charge in [0, 0.05) is 30.6 Å². The summed E-state index contributed by atoms with van der Waals surface area (Å²) in [5, 5.41) is 9.38. The maximum Gasteiger partial charge on any atom is 0.195 e. The van der Waals surface area contributed by atoms with E-state index in [-0.39, 0.29) is 33.6 Å². The number of sulfone groups is 1. The van der Waals surface area contributed by atoms with Gasteiger partial charge in [-0.05, 0) is 24.3 Å². The maximum absolute atomic E-state index is 13.9. The van der Waals surface area contributed by atoms with Crippen LogP contribution in [0.4, 0.5) is 4.39 Å². The molecule has 0 spiro atoms. The van der Waals surface area contributed by atoms with Crippen molar-refractivity contribution < 1.29 is 22.3 Å². The first kappa shape index (κ1) is 23.8. The molecule has 1 N–H and O–H groups in total. The number of halogens is 1. The van der Waals surface area contributed by atoms with Gasteiger partial charge in [-0.2, -0.15) is 5.26 Å². The van der Waals surface area contributed by atoms with E-state index in [1.165, 1.54) is 56.0 Å². The molecule has 0 bridgehead atoms. The first-order valence-corrected chi connectivity index (χ1v) is 12.6. The molecule has 0 radical (unpaired) electrons. The predicted octanol–water partition coefficient (Wildman–Crippen LogP) is 4.80. The number of ether oxygens (including phenoxy) is 2. The first-order chi connectivity index (χ1) is 17.9. The fourth-order valence-corrected chi connectivity index (χ4v) is 4.21. The van der Waals surface area contributed by atoms with Crippen LogP contribution in [-0.4, -0.2) is 39.1 Å². The fourth-order valence-electron chi connectivity index (χ4n) is 3.43. The number of imidazole rings is 1. The Kier molecular flexibility index (Phi) is 6.21. The Morgan fingerprint density at radius 1 is 1.00 bits per heavy atom. The van der Waals surface area contributed by atoms with E-state index in [1.807, 2.05) is 6.07 Å². The van der Waals surface area contributed by atoms with Crippen LogP contribution in [0.5, 0.6) is 23.0 Å². The van der Waals surface area contributed by atoms with Crippen molar-refractivity contribution >= 4 is 20.9 Å². The van der Waals surface area contributed by atoms with Crippen molar-refractivity contribution in [3.8, 4) is 40.6 Å². The molecular formula is C25H17FN6O4S. The highest BCUT2D eigenvalue weighted by Crippen LogP contribution is 2.37. The van der Waals surface area contributed by atoms with Crippen molar-refractivity contribution in [1.29, 1.82) is 5.26 Å². The molecule has 3 heterocycles. The average Bonchev–Trinajstić information content (AvgIpc) is 3.34. The van der Waals surface area contributed by atoms with Gasteiger partial charge in [0.05, 0.1) is 29.2 Å². The number of hydrogen-bond donors (Lipinski definition) is 1. The molecule has 10 nitrogen and oxygen atoms in total. The van der Waals surface area contributed by atoms with Crippen LogP contribution in [0.2, 0.25) is 0 Å². The Morgan fingerprint density at radius 3 is 2.57 bits per heavy atom. The van der Waals surface area contributed by atoms with Crippen LogP contribution >= 0.6 is 0 Å². The van der Waals surface area contributed by atoms with Crippen LogP contribution in [0, 0.1) is 17.1 Å². The van der Waals surface area contributed by atoms with E-state index in [4.69, 9.17) is 9.47 Å². The number of fused-ring (bicyclic) bond motifs is 1. The summed E-state index contributed by atoms with van der Waals surface area (Å²) in [5.74, 6) is 0.502. The zero-order valence-corrected chi connectivity index (χ0v) is 20.0. The van der Waals surface area contributed by atoms with E-state index < -0.39 is 15.7 Å². The van der Waals surface area contributed by atoms with E-state index in [0.29, 0.717) is 28.3 Å². The molecule has 0 aliphatic heterocycles. The van der Waals surface area contributed by atoms with E-state index in [2.05, 4.69) is 24.9 Å². The third-order valence-electron chi connectivity index (χ3n) is 5.26. The SMILES string of the molecule is CCS(=O)(=O)c1ccc(Oc2cc(Oc3cc(F)ccc3C#N)c3nc(-c4cnccn4)[nH]c3c2)cn1. The van der Waals surface area contributed by atoms with Crippen molar-refractivity contribution in [3.05, 3.63) is 78.6 Å². The Bertz CT molecular complexity index is 1750. The van der Waals surface area contributed by atoms with Gasteiger partial charge in [0.2, 0.25) is 0 Å². The van der Waals surface area contributed by atoms with E-state index in [0.717, 1.165) is 12.1 Å². The summed E-state index contributed by atoms with van der Waals surface area (Å²) in [6, 6.07) is 11.6. The van der Waals surface area contributed by atoms with Gasteiger partial charge in [-0.1, -0.05) is 6.92 Å². The number of aromatic nitrogens is 5. The number of nitriles is 1. The second kappa shape index (κ2) is 9.63. The van der Waals surface area contributed by atoms with Gasteiger partial charge in [0.1, 0.15) is 40.3 Å². The number of aromatic amines is 1. The van der Waals surface area contributed by atoms with Crippen molar-refractivity contribution in [2.45, 2.75) is 11.9 Å². The quantitative estimate of drug-likeness (QED) is 0.322. The Morgan fingerprint density at radius 2 is 1.86 bits per heavy atom. The smallest absolute Gasteiger partial charge is 0.195 e. The minimum absolute atomic E-state index is 0.000736. The number of H-pyrrole nitrogens is 1. The summed E-state index contributed by atoms with van der Waals surface area (Å²) in [6.45, 7) is 1.54. The fraction of sp³-hybridized carbons (Fsp3) is 0.0800. The highest BCUT2D eigenvalue weighted by molar-refractivity contribution is 7.91. The van der Waals surface area contributed by atoms with Crippen molar-refractivity contribution in [2.75, 3.05) is 5.75 Å². The second-order valence-corrected chi connectivity index (χ2v) is 9.91. The molecule has 2 aromatic carbocycles. The number of nitrogens with one attached hydrogen (secondary N) is 1. The summed E-state index contributed by atoms with van der Waals surface area (Å²) in [6.07, 6.45) is 5.89. The van der Waals surface area contributed by atoms with Crippen molar-refractivity contribution in [1.82, 2.24) is 24.9 Å². The predicted molar refractivity (Wildman–Crippen MR) is 130 cm³/mol. The van der Waals surface area contributed by atoms with Gasteiger partial charge < -0.3 is 14.5 Å². The average molecular weight is 517 g/mol. The molecule has 0 saturated carbocycles. The third kappa shape index (κ3) is 4.93. The highest BCUT2D eigenvalue weighted by atomic mass is 32.2. The molecule has 5 rings (SSSR count). The zero-order valence-electron chi connectivity index (χ0n) is 19.2. The van der Waals surface area contributed by atoms with Gasteiger partial charge in [0.25, 0.3) is 0 Å². The molecule has 0 saturated heterocycles. The van der Waals surface area contributed by atoms with Gasteiger partial charge in [-0.25, -0.2) is 27.8 Å². The van der Waals surface area contributed by atoms with Gasteiger partial charge in [-0.15, -0.1) is 0 Å². The lowest BCUT2D eigenvalue weighted by Crippen LogP contribution is -2.05. The molecule has 0 amide bonds. The molecule has 37 heavy (non-hydrogen) atoms. The van der Waals surface area contributed by atoms with Gasteiger partial charge in [-0.3, -0.25) is 4.98 Å². The summed E-state index contributed by atoms with van der Waals surface area (Å²) in [4.78, 5) is 20.0. The molecule has 5 aromatic rings. The third-order valence-corrected chi connectivity index (χ3v) is 6.90. The lowest BCUT2D eigenvalue weighted by atomic mass is 10.2. The van der Waals surface area contributed by atoms with Crippen molar-refractivity contribution in [2.24, 2.45) is 0 Å². The Labute approximate surface area is 210 Å². The number of nitrogens with zero attached hydrogens (tertiary/aromatic N) is 5. The van der Waals surface area contributed by atoms with Gasteiger partial charge in [0.15, 0.2) is 26.4 Å². The largest absolute Gasteiger partial charge is 0.456 e. The summed E-state index contributed by atoms with van der Waals surface area (Å²) in [5.41, 5.74) is 1.49. The van der Waals surface area contributed by atoms with E-state index in [1.54, 1.807) is 6.07 Å². The first-order valence-electron chi connectivity index (χ1n) is 10.9. The molecule has 3 aromatic heterocycles. The number of pyridine rings is 1. The number of hydrogen-bond acceptors (Lipinski definition) is 9. The molecule has 0 aliphatic carbocycles. The Balaban J connectivity index is 1.58. The van der Waals surface area contributed by atoms with Crippen LogP contribution in [0.25, 0.3) is 22.6 Å². The lowest BCUT2D eigenvalue weighted by molar-refractivity contribution is 0.459. The van der Waals surface area contributed by atoms with Crippen LogP contribution in [0.1, 0.15) is 12.5 Å². The maximum atomic E-state index is 13.9. The van der Waals surface area contributed by atoms with E-state index in [9.17, 15) is 18.1 Å². The molecule has 0 atom stereocenters. The van der Waals surface area contributed by atoms with Crippen molar-refractivity contribution in [3.63, 3.8) is 0 Å². The molecule has 0 aliphatic rings. The normalized spacial score (nSPS) is 11.3. The van der Waals surface area contributed by atoms with Crippen LogP contribution < -0.4 is 9.47 Å². The molecule has 0 unspecified atom stereocenters. The number of rotatable bonds is 7. The summed E-state index contributed by atoms with van der Waals surface area (Å²) < 4.78 is 49.9. The van der Waals surface area contributed by atoms with Crippen LogP contribution in [0.3, 0.4) is 0 Å². The summed E-state index contributed by atoms with van der Waals surface area (Å²) >= 11 is 0. The molecule has 12 heteroatoms. The summed E-state index contributed by atoms with van der Waals surface area (Å²) in [7, 11) is -3.46. The second-order valence-electron chi connectivity index (χ2n) is 7.69. The van der Waals surface area contributed by atoms with Crippen LogP contribution in [-0.2, 0) is 9.84 Å².